The smallest absolute Gasteiger partial charge is 0.161 e. The average Bonchev–Trinajstić information content (AvgIpc) is 2.21. The van der Waals surface area contributed by atoms with Crippen LogP contribution < -0.4 is 0 Å². The summed E-state index contributed by atoms with van der Waals surface area (Å²) >= 11 is 0. The molecule has 0 spiro atoms. The SMILES string of the molecule is CCc1cc(CC)c(CC)c(O)c1O. The molecule has 0 atom stereocenters. The van der Waals surface area contributed by atoms with Gasteiger partial charge < -0.3 is 10.2 Å². The van der Waals surface area contributed by atoms with Crippen molar-refractivity contribution in [3.05, 3.63) is 22.8 Å². The first-order valence-electron chi connectivity index (χ1n) is 5.21. The Morgan fingerprint density at radius 1 is 0.857 bits per heavy atom. The monoisotopic (exact) mass is 194 g/mol. The summed E-state index contributed by atoms with van der Waals surface area (Å²) in [4.78, 5) is 0. The van der Waals surface area contributed by atoms with Gasteiger partial charge in [0.05, 0.1) is 0 Å². The van der Waals surface area contributed by atoms with Crippen LogP contribution in [0.25, 0.3) is 0 Å². The van der Waals surface area contributed by atoms with Crippen LogP contribution in [-0.2, 0) is 19.3 Å². The van der Waals surface area contributed by atoms with Crippen molar-refractivity contribution in [1.29, 1.82) is 0 Å². The van der Waals surface area contributed by atoms with Crippen molar-refractivity contribution in [2.45, 2.75) is 40.0 Å². The fourth-order valence-electron chi connectivity index (χ4n) is 1.79. The molecule has 1 aromatic rings. The standard InChI is InChI=1S/C12H18O2/c1-4-8-7-9(5-2)11(13)12(14)10(8)6-3/h7,13-14H,4-6H2,1-3H3. The highest BCUT2D eigenvalue weighted by molar-refractivity contribution is 5.54. The summed E-state index contributed by atoms with van der Waals surface area (Å²) in [6, 6.07) is 1.99. The van der Waals surface area contributed by atoms with E-state index in [1.54, 1.807) is 0 Å². The minimum absolute atomic E-state index is 0.0570. The normalized spacial score (nSPS) is 10.5. The van der Waals surface area contributed by atoms with Crippen LogP contribution in [0, 0.1) is 0 Å². The predicted molar refractivity (Wildman–Crippen MR) is 57.9 cm³/mol. The quantitative estimate of drug-likeness (QED) is 0.726. The van der Waals surface area contributed by atoms with Crippen molar-refractivity contribution in [3.63, 3.8) is 0 Å². The second-order valence-electron chi connectivity index (χ2n) is 3.43. The van der Waals surface area contributed by atoms with Crippen LogP contribution in [0.3, 0.4) is 0 Å². The van der Waals surface area contributed by atoms with Crippen molar-refractivity contribution >= 4 is 0 Å². The summed E-state index contributed by atoms with van der Waals surface area (Å²) in [6.07, 6.45) is 2.40. The lowest BCUT2D eigenvalue weighted by atomic mass is 9.97. The number of hydrogen-bond donors (Lipinski definition) is 2. The lowest BCUT2D eigenvalue weighted by Crippen LogP contribution is -1.95. The van der Waals surface area contributed by atoms with Gasteiger partial charge in [-0.15, -0.1) is 0 Å². The zero-order chi connectivity index (χ0) is 10.7. The molecule has 0 aliphatic rings. The first kappa shape index (κ1) is 10.9. The topological polar surface area (TPSA) is 40.5 Å². The van der Waals surface area contributed by atoms with Gasteiger partial charge in [0.15, 0.2) is 11.5 Å². The zero-order valence-corrected chi connectivity index (χ0v) is 9.09. The number of rotatable bonds is 3. The Labute approximate surface area is 85.2 Å². The van der Waals surface area contributed by atoms with E-state index in [4.69, 9.17) is 0 Å². The number of phenolic OH excluding ortho intramolecular Hbond substituents is 2. The summed E-state index contributed by atoms with van der Waals surface area (Å²) < 4.78 is 0. The zero-order valence-electron chi connectivity index (χ0n) is 9.09. The Kier molecular flexibility index (Phi) is 3.39. The maximum atomic E-state index is 9.77. The summed E-state index contributed by atoms with van der Waals surface area (Å²) in [6.45, 7) is 6.02. The largest absolute Gasteiger partial charge is 0.504 e. The summed E-state index contributed by atoms with van der Waals surface area (Å²) in [7, 11) is 0. The van der Waals surface area contributed by atoms with E-state index >= 15 is 0 Å². The second-order valence-corrected chi connectivity index (χ2v) is 3.43. The minimum atomic E-state index is 0.0570. The van der Waals surface area contributed by atoms with E-state index in [0.717, 1.165) is 36.0 Å². The molecule has 0 aromatic heterocycles. The van der Waals surface area contributed by atoms with E-state index in [2.05, 4.69) is 6.92 Å². The van der Waals surface area contributed by atoms with E-state index in [1.165, 1.54) is 0 Å². The Morgan fingerprint density at radius 2 is 1.43 bits per heavy atom. The van der Waals surface area contributed by atoms with Crippen LogP contribution in [0.1, 0.15) is 37.5 Å². The molecule has 0 unspecified atom stereocenters. The third-order valence-corrected chi connectivity index (χ3v) is 2.67. The lowest BCUT2D eigenvalue weighted by molar-refractivity contribution is 0.395. The molecule has 2 heteroatoms. The molecule has 0 saturated carbocycles. The van der Waals surface area contributed by atoms with Gasteiger partial charge in [-0.05, 0) is 30.4 Å². The van der Waals surface area contributed by atoms with Crippen molar-refractivity contribution < 1.29 is 10.2 Å². The van der Waals surface area contributed by atoms with Crippen LogP contribution in [0.2, 0.25) is 0 Å². The Bertz CT molecular complexity index is 330. The molecule has 2 N–H and O–H groups in total. The second kappa shape index (κ2) is 4.36. The molecule has 0 fully saturated rings. The molecule has 0 aliphatic heterocycles. The summed E-state index contributed by atoms with van der Waals surface area (Å²) in [5.74, 6) is 0.130. The molecule has 78 valence electrons. The molecule has 0 saturated heterocycles. The lowest BCUT2D eigenvalue weighted by Gasteiger charge is -2.13. The molecule has 2 nitrogen and oxygen atoms in total. The molecule has 0 aliphatic carbocycles. The van der Waals surface area contributed by atoms with E-state index in [0.29, 0.717) is 0 Å². The third kappa shape index (κ3) is 1.69. The molecule has 0 bridgehead atoms. The minimum Gasteiger partial charge on any atom is -0.504 e. The summed E-state index contributed by atoms with van der Waals surface area (Å²) in [5.41, 5.74) is 2.85. The highest BCUT2D eigenvalue weighted by Crippen LogP contribution is 2.36. The van der Waals surface area contributed by atoms with Crippen LogP contribution in [-0.4, -0.2) is 10.2 Å². The van der Waals surface area contributed by atoms with Crippen LogP contribution in [0.15, 0.2) is 6.07 Å². The number of hydrogen-bond acceptors (Lipinski definition) is 2. The van der Waals surface area contributed by atoms with Gasteiger partial charge in [0.2, 0.25) is 0 Å². The molecule has 0 radical (unpaired) electrons. The van der Waals surface area contributed by atoms with Gasteiger partial charge in [0, 0.05) is 5.56 Å². The highest BCUT2D eigenvalue weighted by Gasteiger charge is 2.13. The van der Waals surface area contributed by atoms with Gasteiger partial charge in [-0.1, -0.05) is 26.8 Å². The molecule has 1 rings (SSSR count). The molecular weight excluding hydrogens is 176 g/mol. The van der Waals surface area contributed by atoms with Crippen molar-refractivity contribution in [1.82, 2.24) is 0 Å². The van der Waals surface area contributed by atoms with Crippen molar-refractivity contribution in [2.75, 3.05) is 0 Å². The average molecular weight is 194 g/mol. The van der Waals surface area contributed by atoms with Gasteiger partial charge >= 0.3 is 0 Å². The highest BCUT2D eigenvalue weighted by atomic mass is 16.3. The fraction of sp³-hybridized carbons (Fsp3) is 0.500. The summed E-state index contributed by atoms with van der Waals surface area (Å²) in [5, 5.41) is 19.5. The van der Waals surface area contributed by atoms with Gasteiger partial charge in [0.25, 0.3) is 0 Å². The predicted octanol–water partition coefficient (Wildman–Crippen LogP) is 2.79. The van der Waals surface area contributed by atoms with Crippen molar-refractivity contribution in [2.24, 2.45) is 0 Å². The van der Waals surface area contributed by atoms with E-state index < -0.39 is 0 Å². The van der Waals surface area contributed by atoms with E-state index in [1.807, 2.05) is 19.9 Å². The molecule has 1 aromatic carbocycles. The Hall–Kier alpha value is -1.18. The maximum absolute atomic E-state index is 9.77. The van der Waals surface area contributed by atoms with Gasteiger partial charge in [-0.3, -0.25) is 0 Å². The third-order valence-electron chi connectivity index (χ3n) is 2.67. The van der Waals surface area contributed by atoms with Crippen molar-refractivity contribution in [3.8, 4) is 11.5 Å². The van der Waals surface area contributed by atoms with E-state index in [-0.39, 0.29) is 11.5 Å². The van der Waals surface area contributed by atoms with Gasteiger partial charge in [0.1, 0.15) is 0 Å². The van der Waals surface area contributed by atoms with Crippen LogP contribution in [0.5, 0.6) is 11.5 Å². The molecular formula is C12H18O2. The number of benzene rings is 1. The Balaban J connectivity index is 3.38. The fourth-order valence-corrected chi connectivity index (χ4v) is 1.79. The number of aromatic hydroxyl groups is 2. The van der Waals surface area contributed by atoms with Gasteiger partial charge in [-0.2, -0.15) is 0 Å². The Morgan fingerprint density at radius 3 is 1.86 bits per heavy atom. The first-order valence-corrected chi connectivity index (χ1v) is 5.21. The number of phenols is 2. The first-order chi connectivity index (χ1) is 6.65. The number of aryl methyl sites for hydroxylation is 2. The van der Waals surface area contributed by atoms with Crippen LogP contribution in [0.4, 0.5) is 0 Å². The van der Waals surface area contributed by atoms with E-state index in [9.17, 15) is 10.2 Å². The molecule has 0 amide bonds. The molecule has 14 heavy (non-hydrogen) atoms. The van der Waals surface area contributed by atoms with Gasteiger partial charge in [-0.25, -0.2) is 0 Å². The molecule has 0 heterocycles. The van der Waals surface area contributed by atoms with Crippen LogP contribution >= 0.6 is 0 Å². The maximum Gasteiger partial charge on any atom is 0.161 e.